The predicted molar refractivity (Wildman–Crippen MR) is 159 cm³/mol. The molecule has 2 heterocycles. The van der Waals surface area contributed by atoms with Crippen molar-refractivity contribution in [1.82, 2.24) is 9.80 Å². The van der Waals surface area contributed by atoms with Gasteiger partial charge in [-0.15, -0.1) is 0 Å². The molecule has 2 fully saturated rings. The van der Waals surface area contributed by atoms with Crippen LogP contribution in [0, 0.1) is 3.57 Å². The molecule has 38 heavy (non-hydrogen) atoms. The molecular formula is C27H27Cl2IN2O5S. The molecule has 0 unspecified atom stereocenters. The lowest BCUT2D eigenvalue weighted by molar-refractivity contribution is -0.135. The van der Waals surface area contributed by atoms with E-state index in [9.17, 15) is 14.4 Å². The van der Waals surface area contributed by atoms with Crippen LogP contribution in [0.1, 0.15) is 43.7 Å². The van der Waals surface area contributed by atoms with Crippen LogP contribution in [0.5, 0.6) is 11.5 Å². The second-order valence-electron chi connectivity index (χ2n) is 8.86. The van der Waals surface area contributed by atoms with Gasteiger partial charge in [-0.3, -0.25) is 19.3 Å². The molecule has 2 aromatic carbocycles. The van der Waals surface area contributed by atoms with Gasteiger partial charge in [0.15, 0.2) is 11.5 Å². The second kappa shape index (κ2) is 13.4. The summed E-state index contributed by atoms with van der Waals surface area (Å²) >= 11 is 15.1. The molecule has 2 aliphatic rings. The minimum Gasteiger partial charge on any atom is -0.490 e. The normalized spacial score (nSPS) is 17.2. The highest BCUT2D eigenvalue weighted by molar-refractivity contribution is 14.1. The average Bonchev–Trinajstić information content (AvgIpc) is 3.06. The van der Waals surface area contributed by atoms with E-state index in [0.29, 0.717) is 46.8 Å². The van der Waals surface area contributed by atoms with Gasteiger partial charge >= 0.3 is 0 Å². The summed E-state index contributed by atoms with van der Waals surface area (Å²) in [5, 5.41) is 0.482. The van der Waals surface area contributed by atoms with E-state index in [0.717, 1.165) is 51.5 Å². The molecule has 0 radical (unpaired) electrons. The Morgan fingerprint density at radius 2 is 1.79 bits per heavy atom. The molecule has 0 bridgehead atoms. The average molecular weight is 689 g/mol. The van der Waals surface area contributed by atoms with Gasteiger partial charge in [-0.1, -0.05) is 42.1 Å². The van der Waals surface area contributed by atoms with Crippen LogP contribution in [-0.4, -0.2) is 53.1 Å². The molecule has 11 heteroatoms. The molecule has 0 aliphatic carbocycles. The third-order valence-electron chi connectivity index (χ3n) is 6.12. The minimum absolute atomic E-state index is 0.188. The molecule has 7 nitrogen and oxygen atoms in total. The predicted octanol–water partition coefficient (Wildman–Crippen LogP) is 7.01. The van der Waals surface area contributed by atoms with E-state index < -0.39 is 11.1 Å². The molecule has 0 aromatic heterocycles. The lowest BCUT2D eigenvalue weighted by Gasteiger charge is -2.22. The Labute approximate surface area is 249 Å². The largest absolute Gasteiger partial charge is 0.490 e. The maximum atomic E-state index is 13.0. The van der Waals surface area contributed by atoms with Crippen molar-refractivity contribution in [3.63, 3.8) is 0 Å². The van der Waals surface area contributed by atoms with Crippen molar-refractivity contribution in [2.75, 3.05) is 26.2 Å². The first-order chi connectivity index (χ1) is 18.3. The van der Waals surface area contributed by atoms with Crippen LogP contribution in [0.2, 0.25) is 10.0 Å². The number of imide groups is 1. The summed E-state index contributed by atoms with van der Waals surface area (Å²) in [5.41, 5.74) is 1.54. The molecule has 0 atom stereocenters. The zero-order valence-electron chi connectivity index (χ0n) is 20.8. The smallest absolute Gasteiger partial charge is 0.294 e. The summed E-state index contributed by atoms with van der Waals surface area (Å²) in [4.78, 5) is 41.5. The Hall–Kier alpha value is -1.95. The number of nitrogens with zero attached hydrogens (tertiary/aromatic N) is 2. The number of carbonyl (C=O) groups excluding carboxylic acids is 3. The second-order valence-corrected chi connectivity index (χ2v) is 11.8. The first-order valence-corrected chi connectivity index (χ1v) is 15.0. The molecule has 0 saturated carbocycles. The summed E-state index contributed by atoms with van der Waals surface area (Å²) in [7, 11) is 0. The summed E-state index contributed by atoms with van der Waals surface area (Å²) in [6, 6.07) is 8.92. The highest BCUT2D eigenvalue weighted by atomic mass is 127. The Bertz CT molecular complexity index is 1260. The fourth-order valence-electron chi connectivity index (χ4n) is 4.20. The van der Waals surface area contributed by atoms with Crippen molar-refractivity contribution in [2.45, 2.75) is 39.2 Å². The number of amides is 3. The number of halogens is 3. The highest BCUT2D eigenvalue weighted by Gasteiger charge is 2.37. The molecular weight excluding hydrogens is 662 g/mol. The number of hydrogen-bond acceptors (Lipinski definition) is 6. The van der Waals surface area contributed by atoms with Crippen molar-refractivity contribution >= 4 is 80.7 Å². The number of rotatable bonds is 8. The van der Waals surface area contributed by atoms with Crippen LogP contribution in [0.25, 0.3) is 6.08 Å². The van der Waals surface area contributed by atoms with Gasteiger partial charge in [0.05, 0.1) is 25.1 Å². The van der Waals surface area contributed by atoms with E-state index in [1.54, 1.807) is 29.2 Å². The van der Waals surface area contributed by atoms with Gasteiger partial charge < -0.3 is 14.4 Å². The van der Waals surface area contributed by atoms with Crippen molar-refractivity contribution in [2.24, 2.45) is 0 Å². The standard InChI is InChI=1S/C27H27Cl2IN2O5S/c1-2-36-22-13-18(12-21(30)25(22)37-16-17-7-8-19(28)20(29)11-17)14-23-26(34)32(27(35)38-23)15-24(33)31-9-5-3-4-6-10-31/h7-8,11-14H,2-6,9-10,15-16H2,1H3. The monoisotopic (exact) mass is 688 g/mol. The van der Waals surface area contributed by atoms with Crippen LogP contribution in [0.4, 0.5) is 4.79 Å². The van der Waals surface area contributed by atoms with Crippen LogP contribution in [0.15, 0.2) is 35.2 Å². The number of carbonyl (C=O) groups is 3. The molecule has 202 valence electrons. The summed E-state index contributed by atoms with van der Waals surface area (Å²) in [5.74, 6) is 0.427. The summed E-state index contributed by atoms with van der Waals surface area (Å²) in [6.07, 6.45) is 5.73. The minimum atomic E-state index is -0.462. The summed E-state index contributed by atoms with van der Waals surface area (Å²) < 4.78 is 12.7. The van der Waals surface area contributed by atoms with E-state index in [4.69, 9.17) is 32.7 Å². The van der Waals surface area contributed by atoms with E-state index in [2.05, 4.69) is 22.6 Å². The van der Waals surface area contributed by atoms with Crippen LogP contribution in [0.3, 0.4) is 0 Å². The Kier molecular flexibility index (Phi) is 10.2. The fourth-order valence-corrected chi connectivity index (χ4v) is 6.14. The molecule has 4 rings (SSSR count). The Morgan fingerprint density at radius 3 is 2.47 bits per heavy atom. The number of ether oxygens (including phenoxy) is 2. The number of benzene rings is 2. The van der Waals surface area contributed by atoms with E-state index >= 15 is 0 Å². The zero-order valence-corrected chi connectivity index (χ0v) is 25.3. The van der Waals surface area contributed by atoms with E-state index in [1.165, 1.54) is 0 Å². The van der Waals surface area contributed by atoms with Gasteiger partial charge in [0, 0.05) is 13.1 Å². The first kappa shape index (κ1) is 29.0. The lowest BCUT2D eigenvalue weighted by atomic mass is 10.1. The SMILES string of the molecule is CCOc1cc(C=C2SC(=O)N(CC(=O)N3CCCCCC3)C2=O)cc(I)c1OCc1ccc(Cl)c(Cl)c1. The fraction of sp³-hybridized carbons (Fsp3) is 0.370. The van der Waals surface area contributed by atoms with Gasteiger partial charge in [-0.25, -0.2) is 0 Å². The van der Waals surface area contributed by atoms with Crippen molar-refractivity contribution in [3.05, 3.63) is 60.0 Å². The molecule has 0 spiro atoms. The van der Waals surface area contributed by atoms with Gasteiger partial charge in [-0.2, -0.15) is 0 Å². The maximum absolute atomic E-state index is 13.0. The van der Waals surface area contributed by atoms with Crippen molar-refractivity contribution in [1.29, 1.82) is 0 Å². The Morgan fingerprint density at radius 1 is 1.05 bits per heavy atom. The zero-order chi connectivity index (χ0) is 27.2. The van der Waals surface area contributed by atoms with Crippen LogP contribution < -0.4 is 9.47 Å². The highest BCUT2D eigenvalue weighted by Crippen LogP contribution is 2.38. The number of thioether (sulfide) groups is 1. The number of hydrogen-bond donors (Lipinski definition) is 0. The van der Waals surface area contributed by atoms with Gasteiger partial charge in [-0.05, 0) is 95.6 Å². The molecule has 3 amide bonds. The lowest BCUT2D eigenvalue weighted by Crippen LogP contribution is -2.42. The third kappa shape index (κ3) is 7.16. The molecule has 2 saturated heterocycles. The number of likely N-dealkylation sites (tertiary alicyclic amines) is 1. The van der Waals surface area contributed by atoms with Crippen LogP contribution >= 0.6 is 57.6 Å². The van der Waals surface area contributed by atoms with Crippen molar-refractivity contribution in [3.8, 4) is 11.5 Å². The van der Waals surface area contributed by atoms with Gasteiger partial charge in [0.2, 0.25) is 5.91 Å². The van der Waals surface area contributed by atoms with E-state index in [1.807, 2.05) is 19.1 Å². The summed E-state index contributed by atoms with van der Waals surface area (Å²) in [6.45, 7) is 3.65. The topological polar surface area (TPSA) is 76.2 Å². The molecule has 2 aromatic rings. The Balaban J connectivity index is 1.49. The molecule has 0 N–H and O–H groups in total. The first-order valence-electron chi connectivity index (χ1n) is 12.3. The van der Waals surface area contributed by atoms with Gasteiger partial charge in [0.1, 0.15) is 13.2 Å². The van der Waals surface area contributed by atoms with Crippen LogP contribution in [-0.2, 0) is 16.2 Å². The van der Waals surface area contributed by atoms with Gasteiger partial charge in [0.25, 0.3) is 11.1 Å². The van der Waals surface area contributed by atoms with Crippen molar-refractivity contribution < 1.29 is 23.9 Å². The molecule has 2 aliphatic heterocycles. The maximum Gasteiger partial charge on any atom is 0.294 e. The third-order valence-corrected chi connectivity index (χ3v) is 8.57. The quantitative estimate of drug-likeness (QED) is 0.219. The van der Waals surface area contributed by atoms with E-state index in [-0.39, 0.29) is 24.0 Å².